The van der Waals surface area contributed by atoms with Crippen LogP contribution >= 0.6 is 0 Å². The number of likely N-dealkylation sites (N-methyl/N-ethyl adjacent to an activating group) is 1. The maximum absolute atomic E-state index is 13.1. The molecule has 5 nitrogen and oxygen atoms in total. The summed E-state index contributed by atoms with van der Waals surface area (Å²) >= 11 is 0. The number of anilines is 2. The van der Waals surface area contributed by atoms with Crippen molar-refractivity contribution in [3.05, 3.63) is 48.7 Å². The lowest BCUT2D eigenvalue weighted by molar-refractivity contribution is -0.0149. The SMILES string of the molecule is CN(c1ccc(F)cc1)[C@H]1COC2(CCN(c3cnccn3)CC2)C1. The van der Waals surface area contributed by atoms with Crippen LogP contribution in [-0.4, -0.2) is 48.4 Å². The zero-order valence-electron chi connectivity index (χ0n) is 14.4. The lowest BCUT2D eigenvalue weighted by atomic mass is 9.87. The van der Waals surface area contributed by atoms with Crippen molar-refractivity contribution >= 4 is 11.5 Å². The predicted molar refractivity (Wildman–Crippen MR) is 95.4 cm³/mol. The van der Waals surface area contributed by atoms with Gasteiger partial charge in [0.05, 0.1) is 24.4 Å². The maximum Gasteiger partial charge on any atom is 0.147 e. The largest absolute Gasteiger partial charge is 0.373 e. The summed E-state index contributed by atoms with van der Waals surface area (Å²) in [6, 6.07) is 7.01. The van der Waals surface area contributed by atoms with Gasteiger partial charge in [0.15, 0.2) is 0 Å². The second kappa shape index (κ2) is 6.59. The normalized spacial score (nSPS) is 22.3. The summed E-state index contributed by atoms with van der Waals surface area (Å²) in [5, 5.41) is 0. The number of rotatable bonds is 3. The topological polar surface area (TPSA) is 41.5 Å². The number of hydrogen-bond donors (Lipinski definition) is 0. The monoisotopic (exact) mass is 342 g/mol. The highest BCUT2D eigenvalue weighted by Gasteiger charge is 2.44. The molecule has 2 saturated heterocycles. The molecule has 0 aliphatic carbocycles. The summed E-state index contributed by atoms with van der Waals surface area (Å²) in [5.41, 5.74) is 0.988. The van der Waals surface area contributed by atoms with E-state index in [1.165, 1.54) is 12.1 Å². The summed E-state index contributed by atoms with van der Waals surface area (Å²) in [4.78, 5) is 13.0. The van der Waals surface area contributed by atoms with Crippen LogP contribution in [-0.2, 0) is 4.74 Å². The first-order valence-electron chi connectivity index (χ1n) is 8.79. The first kappa shape index (κ1) is 16.3. The van der Waals surface area contributed by atoms with Gasteiger partial charge < -0.3 is 14.5 Å². The van der Waals surface area contributed by atoms with E-state index in [9.17, 15) is 4.39 Å². The predicted octanol–water partition coefficient (Wildman–Crippen LogP) is 2.88. The highest BCUT2D eigenvalue weighted by molar-refractivity contribution is 5.47. The van der Waals surface area contributed by atoms with Crippen molar-refractivity contribution in [2.45, 2.75) is 30.9 Å². The number of hydrogen-bond acceptors (Lipinski definition) is 5. The van der Waals surface area contributed by atoms with Crippen molar-refractivity contribution in [3.63, 3.8) is 0 Å². The summed E-state index contributed by atoms with van der Waals surface area (Å²) in [7, 11) is 2.06. The smallest absolute Gasteiger partial charge is 0.147 e. The van der Waals surface area contributed by atoms with E-state index in [2.05, 4.69) is 26.8 Å². The molecule has 0 radical (unpaired) electrons. The number of benzene rings is 1. The number of nitrogens with zero attached hydrogens (tertiary/aromatic N) is 4. The molecule has 1 aromatic carbocycles. The minimum atomic E-state index is -0.201. The highest BCUT2D eigenvalue weighted by Crippen LogP contribution is 2.39. The molecule has 1 aromatic heterocycles. The van der Waals surface area contributed by atoms with Crippen LogP contribution in [0.4, 0.5) is 15.9 Å². The van der Waals surface area contributed by atoms with Gasteiger partial charge in [0, 0.05) is 38.2 Å². The fraction of sp³-hybridized carbons (Fsp3) is 0.474. The van der Waals surface area contributed by atoms with Gasteiger partial charge in [-0.15, -0.1) is 0 Å². The first-order chi connectivity index (χ1) is 12.2. The van der Waals surface area contributed by atoms with Crippen LogP contribution in [0, 0.1) is 5.82 Å². The third-order valence-electron chi connectivity index (χ3n) is 5.52. The third kappa shape index (κ3) is 3.31. The molecule has 132 valence electrons. The second-order valence-electron chi connectivity index (χ2n) is 6.99. The van der Waals surface area contributed by atoms with E-state index in [0.717, 1.165) is 50.5 Å². The fourth-order valence-corrected chi connectivity index (χ4v) is 3.90. The maximum atomic E-state index is 13.1. The Morgan fingerprint density at radius 3 is 2.64 bits per heavy atom. The van der Waals surface area contributed by atoms with Crippen molar-refractivity contribution < 1.29 is 9.13 Å². The van der Waals surface area contributed by atoms with E-state index in [4.69, 9.17) is 4.74 Å². The van der Waals surface area contributed by atoms with Gasteiger partial charge >= 0.3 is 0 Å². The average molecular weight is 342 g/mol. The molecule has 2 aliphatic heterocycles. The molecule has 2 aromatic rings. The Morgan fingerprint density at radius 2 is 1.96 bits per heavy atom. The van der Waals surface area contributed by atoms with Crippen LogP contribution in [0.1, 0.15) is 19.3 Å². The summed E-state index contributed by atoms with van der Waals surface area (Å²) < 4.78 is 19.4. The highest BCUT2D eigenvalue weighted by atomic mass is 19.1. The molecule has 0 saturated carbocycles. The molecular weight excluding hydrogens is 319 g/mol. The Balaban J connectivity index is 1.38. The molecule has 1 spiro atoms. The van der Waals surface area contributed by atoms with Crippen molar-refractivity contribution in [3.8, 4) is 0 Å². The molecule has 25 heavy (non-hydrogen) atoms. The molecule has 0 bridgehead atoms. The van der Waals surface area contributed by atoms with Crippen LogP contribution in [0.15, 0.2) is 42.9 Å². The van der Waals surface area contributed by atoms with Gasteiger partial charge in [0.2, 0.25) is 0 Å². The molecule has 1 atom stereocenters. The van der Waals surface area contributed by atoms with E-state index in [0.29, 0.717) is 6.04 Å². The fourth-order valence-electron chi connectivity index (χ4n) is 3.90. The zero-order valence-corrected chi connectivity index (χ0v) is 14.4. The van der Waals surface area contributed by atoms with Gasteiger partial charge in [-0.2, -0.15) is 0 Å². The average Bonchev–Trinajstić information content (AvgIpc) is 3.07. The van der Waals surface area contributed by atoms with Crippen LogP contribution in [0.25, 0.3) is 0 Å². The van der Waals surface area contributed by atoms with Gasteiger partial charge in [-0.05, 0) is 43.5 Å². The van der Waals surface area contributed by atoms with Crippen molar-refractivity contribution in [2.75, 3.05) is 36.5 Å². The molecule has 2 aliphatic rings. The van der Waals surface area contributed by atoms with E-state index >= 15 is 0 Å². The van der Waals surface area contributed by atoms with Crippen LogP contribution in [0.2, 0.25) is 0 Å². The van der Waals surface area contributed by atoms with Crippen molar-refractivity contribution in [2.24, 2.45) is 0 Å². The van der Waals surface area contributed by atoms with Crippen LogP contribution in [0.3, 0.4) is 0 Å². The Kier molecular flexibility index (Phi) is 4.29. The Hall–Kier alpha value is -2.21. The minimum absolute atomic E-state index is 0.0440. The van der Waals surface area contributed by atoms with E-state index in [1.54, 1.807) is 12.4 Å². The molecular formula is C19H23FN4O. The van der Waals surface area contributed by atoms with Crippen molar-refractivity contribution in [1.29, 1.82) is 0 Å². The lowest BCUT2D eigenvalue weighted by Gasteiger charge is -2.39. The molecule has 6 heteroatoms. The lowest BCUT2D eigenvalue weighted by Crippen LogP contribution is -2.45. The van der Waals surface area contributed by atoms with Gasteiger partial charge in [0.1, 0.15) is 11.6 Å². The zero-order chi connectivity index (χ0) is 17.3. The van der Waals surface area contributed by atoms with Crippen molar-refractivity contribution in [1.82, 2.24) is 9.97 Å². The van der Waals surface area contributed by atoms with Gasteiger partial charge in [-0.3, -0.25) is 4.98 Å². The third-order valence-corrected chi connectivity index (χ3v) is 5.52. The first-order valence-corrected chi connectivity index (χ1v) is 8.79. The Morgan fingerprint density at radius 1 is 1.20 bits per heavy atom. The van der Waals surface area contributed by atoms with Crippen LogP contribution in [0.5, 0.6) is 0 Å². The number of piperidine rings is 1. The summed E-state index contributed by atoms with van der Waals surface area (Å²) in [6.45, 7) is 2.59. The van der Waals surface area contributed by atoms with Crippen LogP contribution < -0.4 is 9.80 Å². The molecule has 0 unspecified atom stereocenters. The standard InChI is InChI=1S/C19H23FN4O/c1-23(16-4-2-15(20)3-5-16)17-12-19(25-14-17)6-10-24(11-7-19)18-13-21-8-9-22-18/h2-5,8-9,13,17H,6-7,10-12,14H2,1H3/t17-/m1/s1. The molecule has 2 fully saturated rings. The molecule has 0 N–H and O–H groups in total. The number of halogens is 1. The summed E-state index contributed by atoms with van der Waals surface area (Å²) in [6.07, 6.45) is 8.26. The number of ether oxygens (including phenoxy) is 1. The Bertz CT molecular complexity index is 701. The van der Waals surface area contributed by atoms with Gasteiger partial charge in [-0.1, -0.05) is 0 Å². The van der Waals surface area contributed by atoms with E-state index in [1.807, 2.05) is 18.3 Å². The second-order valence-corrected chi connectivity index (χ2v) is 6.99. The number of aromatic nitrogens is 2. The van der Waals surface area contributed by atoms with E-state index in [-0.39, 0.29) is 11.4 Å². The summed E-state index contributed by atoms with van der Waals surface area (Å²) in [5.74, 6) is 0.739. The van der Waals surface area contributed by atoms with E-state index < -0.39 is 0 Å². The molecule has 0 amide bonds. The molecule has 3 heterocycles. The quantitative estimate of drug-likeness (QED) is 0.858. The van der Waals surface area contributed by atoms with Gasteiger partial charge in [-0.25, -0.2) is 9.37 Å². The minimum Gasteiger partial charge on any atom is -0.373 e. The Labute approximate surface area is 147 Å². The molecule has 4 rings (SSSR count). The van der Waals surface area contributed by atoms with Gasteiger partial charge in [0.25, 0.3) is 0 Å².